The Morgan fingerprint density at radius 1 is 0.368 bits per heavy atom. The standard InChI is InChI=1S/C50H28N4OS2/c1-3-11-29(12-4-1)34-15-7-8-17-36(34)49-53-47(52-48(54-49)33-22-25-42-38(28-33)35-16-9-10-18-41(35)56-42)32-20-19-30-21-23-39-44(37(30)27-32)45-40(55-39)24-26-43-46(45)51-50(57-43)31-13-5-2-6-14-31/h1-28H. The SMILES string of the molecule is c1ccc(-c2nc3c(ccc4oc5ccc6ccc(-c7nc(-c8ccc9sc%10ccccc%10c9c8)nc(-c8ccccc8-c8ccccc8)n7)cc6c5c43)s2)cc1. The van der Waals surface area contributed by atoms with Gasteiger partial charge in [-0.3, -0.25) is 0 Å². The van der Waals surface area contributed by atoms with E-state index in [2.05, 4.69) is 152 Å². The molecule has 0 aliphatic heterocycles. The van der Waals surface area contributed by atoms with Gasteiger partial charge < -0.3 is 4.42 Å². The van der Waals surface area contributed by atoms with Gasteiger partial charge in [0.15, 0.2) is 17.5 Å². The zero-order chi connectivity index (χ0) is 37.5. The lowest BCUT2D eigenvalue weighted by molar-refractivity contribution is 0.669. The predicted octanol–water partition coefficient (Wildman–Crippen LogP) is 14.2. The fraction of sp³-hybridized carbons (Fsp3) is 0. The molecule has 0 spiro atoms. The molecule has 0 amide bonds. The van der Waals surface area contributed by atoms with E-state index < -0.39 is 0 Å². The van der Waals surface area contributed by atoms with Gasteiger partial charge in [-0.25, -0.2) is 19.9 Å². The van der Waals surface area contributed by atoms with E-state index in [4.69, 9.17) is 24.4 Å². The number of aromatic nitrogens is 4. The van der Waals surface area contributed by atoms with Crippen LogP contribution in [0.25, 0.3) is 119 Å². The van der Waals surface area contributed by atoms with Crippen LogP contribution in [0.1, 0.15) is 0 Å². The second kappa shape index (κ2) is 12.7. The van der Waals surface area contributed by atoms with Crippen molar-refractivity contribution in [2.45, 2.75) is 0 Å². The van der Waals surface area contributed by atoms with Crippen LogP contribution in [0, 0.1) is 0 Å². The lowest BCUT2D eigenvalue weighted by atomic mass is 9.99. The summed E-state index contributed by atoms with van der Waals surface area (Å²) in [5.41, 5.74) is 8.64. The van der Waals surface area contributed by atoms with E-state index in [1.807, 2.05) is 18.2 Å². The number of hydrogen-bond donors (Lipinski definition) is 0. The zero-order valence-electron chi connectivity index (χ0n) is 30.2. The Bertz CT molecular complexity index is 3530. The first-order valence-corrected chi connectivity index (χ1v) is 20.4. The fourth-order valence-corrected chi connectivity index (χ4v) is 10.1. The van der Waals surface area contributed by atoms with E-state index in [-0.39, 0.29) is 0 Å². The van der Waals surface area contributed by atoms with E-state index in [1.165, 1.54) is 20.2 Å². The summed E-state index contributed by atoms with van der Waals surface area (Å²) in [5.74, 6) is 1.85. The molecule has 12 rings (SSSR count). The van der Waals surface area contributed by atoms with E-state index in [0.29, 0.717) is 17.5 Å². The van der Waals surface area contributed by atoms with Crippen LogP contribution < -0.4 is 0 Å². The molecule has 0 unspecified atom stereocenters. The Morgan fingerprint density at radius 2 is 0.965 bits per heavy atom. The maximum atomic E-state index is 6.52. The van der Waals surface area contributed by atoms with Gasteiger partial charge in [-0.15, -0.1) is 22.7 Å². The zero-order valence-corrected chi connectivity index (χ0v) is 31.8. The van der Waals surface area contributed by atoms with Crippen LogP contribution in [0.2, 0.25) is 0 Å². The molecule has 0 bridgehead atoms. The van der Waals surface area contributed by atoms with Crippen molar-refractivity contribution >= 4 is 85.8 Å². The predicted molar refractivity (Wildman–Crippen MR) is 238 cm³/mol. The van der Waals surface area contributed by atoms with Crippen molar-refractivity contribution in [3.05, 3.63) is 170 Å². The highest BCUT2D eigenvalue weighted by Gasteiger charge is 2.20. The summed E-state index contributed by atoms with van der Waals surface area (Å²) in [6, 6.07) is 59.1. The molecule has 8 aromatic carbocycles. The van der Waals surface area contributed by atoms with Crippen LogP contribution in [0.15, 0.2) is 174 Å². The van der Waals surface area contributed by atoms with Crippen molar-refractivity contribution in [1.82, 2.24) is 19.9 Å². The average Bonchev–Trinajstić information content (AvgIpc) is 4.00. The first kappa shape index (κ1) is 32.2. The summed E-state index contributed by atoms with van der Waals surface area (Å²) >= 11 is 3.51. The first-order valence-electron chi connectivity index (χ1n) is 18.8. The molecule has 57 heavy (non-hydrogen) atoms. The monoisotopic (exact) mass is 764 g/mol. The molecule has 7 heteroatoms. The Labute approximate surface area is 334 Å². The molecule has 266 valence electrons. The molecule has 4 heterocycles. The molecule has 0 aliphatic carbocycles. The molecule has 0 N–H and O–H groups in total. The normalized spacial score (nSPS) is 11.9. The van der Waals surface area contributed by atoms with E-state index in [9.17, 15) is 0 Å². The molecule has 0 atom stereocenters. The number of hydrogen-bond acceptors (Lipinski definition) is 7. The maximum Gasteiger partial charge on any atom is 0.164 e. The summed E-state index contributed by atoms with van der Waals surface area (Å²) < 4.78 is 10.1. The third-order valence-electron chi connectivity index (χ3n) is 10.8. The van der Waals surface area contributed by atoms with Crippen molar-refractivity contribution in [1.29, 1.82) is 0 Å². The lowest BCUT2D eigenvalue weighted by Crippen LogP contribution is -2.01. The number of thiophene rings is 1. The minimum absolute atomic E-state index is 0.602. The van der Waals surface area contributed by atoms with Gasteiger partial charge >= 0.3 is 0 Å². The van der Waals surface area contributed by atoms with Gasteiger partial charge in [0, 0.05) is 47.8 Å². The number of benzene rings is 8. The second-order valence-corrected chi connectivity index (χ2v) is 16.3. The Balaban J connectivity index is 1.09. The minimum Gasteiger partial charge on any atom is -0.456 e. The number of rotatable bonds is 5. The molecular weight excluding hydrogens is 737 g/mol. The topological polar surface area (TPSA) is 64.7 Å². The van der Waals surface area contributed by atoms with Crippen molar-refractivity contribution in [3.8, 4) is 55.9 Å². The molecule has 0 saturated carbocycles. The molecule has 0 aliphatic rings. The number of fused-ring (bicyclic) bond motifs is 10. The Hall–Kier alpha value is -7.06. The number of nitrogens with zero attached hydrogens (tertiary/aromatic N) is 4. The van der Waals surface area contributed by atoms with Gasteiger partial charge in [0.05, 0.1) is 15.6 Å². The van der Waals surface area contributed by atoms with Crippen molar-refractivity contribution < 1.29 is 4.42 Å². The van der Waals surface area contributed by atoms with E-state index in [1.54, 1.807) is 22.7 Å². The Morgan fingerprint density at radius 3 is 1.79 bits per heavy atom. The first-order chi connectivity index (χ1) is 28.2. The summed E-state index contributed by atoms with van der Waals surface area (Å²) in [4.78, 5) is 20.9. The quantitative estimate of drug-likeness (QED) is 0.175. The third kappa shape index (κ3) is 5.28. The maximum absolute atomic E-state index is 6.52. The van der Waals surface area contributed by atoms with Crippen molar-refractivity contribution in [2.75, 3.05) is 0 Å². The van der Waals surface area contributed by atoms with Crippen LogP contribution in [0.4, 0.5) is 0 Å². The molecule has 4 aromatic heterocycles. The molecule has 0 fully saturated rings. The van der Waals surface area contributed by atoms with Gasteiger partial charge in [0.25, 0.3) is 0 Å². The largest absolute Gasteiger partial charge is 0.456 e. The summed E-state index contributed by atoms with van der Waals surface area (Å²) in [7, 11) is 0. The lowest BCUT2D eigenvalue weighted by Gasteiger charge is -2.12. The highest BCUT2D eigenvalue weighted by atomic mass is 32.1. The summed E-state index contributed by atoms with van der Waals surface area (Å²) in [6.07, 6.45) is 0. The van der Waals surface area contributed by atoms with Crippen LogP contribution in [-0.2, 0) is 0 Å². The highest BCUT2D eigenvalue weighted by Crippen LogP contribution is 2.43. The fourth-order valence-electron chi connectivity index (χ4n) is 8.07. The summed E-state index contributed by atoms with van der Waals surface area (Å²) in [6.45, 7) is 0. The molecule has 0 radical (unpaired) electrons. The second-order valence-electron chi connectivity index (χ2n) is 14.2. The van der Waals surface area contributed by atoms with Gasteiger partial charge in [-0.1, -0.05) is 121 Å². The summed E-state index contributed by atoms with van der Waals surface area (Å²) in [5, 5.41) is 7.65. The Kier molecular flexibility index (Phi) is 7.20. The minimum atomic E-state index is 0.602. The van der Waals surface area contributed by atoms with Crippen molar-refractivity contribution in [3.63, 3.8) is 0 Å². The molecule has 0 saturated heterocycles. The number of thiazole rings is 1. The number of furan rings is 1. The van der Waals surface area contributed by atoms with E-state index in [0.717, 1.165) is 81.3 Å². The van der Waals surface area contributed by atoms with Gasteiger partial charge in [-0.2, -0.15) is 0 Å². The van der Waals surface area contributed by atoms with Crippen LogP contribution in [0.3, 0.4) is 0 Å². The molecule has 5 nitrogen and oxygen atoms in total. The molecular formula is C50H28N4OS2. The molecule has 12 aromatic rings. The third-order valence-corrected chi connectivity index (χ3v) is 13.0. The van der Waals surface area contributed by atoms with Crippen LogP contribution >= 0.6 is 22.7 Å². The van der Waals surface area contributed by atoms with Gasteiger partial charge in [0.1, 0.15) is 16.2 Å². The van der Waals surface area contributed by atoms with Crippen LogP contribution in [0.5, 0.6) is 0 Å². The average molecular weight is 765 g/mol. The smallest absolute Gasteiger partial charge is 0.164 e. The highest BCUT2D eigenvalue weighted by molar-refractivity contribution is 7.25. The van der Waals surface area contributed by atoms with E-state index >= 15 is 0 Å². The van der Waals surface area contributed by atoms with Crippen LogP contribution in [-0.4, -0.2) is 19.9 Å². The van der Waals surface area contributed by atoms with Gasteiger partial charge in [-0.05, 0) is 70.4 Å². The van der Waals surface area contributed by atoms with Crippen molar-refractivity contribution in [2.24, 2.45) is 0 Å². The van der Waals surface area contributed by atoms with Gasteiger partial charge in [0.2, 0.25) is 0 Å².